The van der Waals surface area contributed by atoms with E-state index in [1.165, 1.54) is 32.8 Å². The first-order valence-electron chi connectivity index (χ1n) is 11.8. The van der Waals surface area contributed by atoms with E-state index in [2.05, 4.69) is 33.8 Å². The molecule has 4 nitrogen and oxygen atoms in total. The van der Waals surface area contributed by atoms with Crippen molar-refractivity contribution >= 4 is 5.97 Å². The van der Waals surface area contributed by atoms with Gasteiger partial charge in [-0.15, -0.1) is 0 Å². The summed E-state index contributed by atoms with van der Waals surface area (Å²) in [7, 11) is 1.49. The molecule has 0 unspecified atom stereocenters. The van der Waals surface area contributed by atoms with Crippen molar-refractivity contribution in [3.05, 3.63) is 11.6 Å². The number of methoxy groups -OCH3 is 1. The van der Waals surface area contributed by atoms with Gasteiger partial charge in [-0.25, -0.2) is 0 Å². The summed E-state index contributed by atoms with van der Waals surface area (Å²) >= 11 is 0. The Bertz CT molecular complexity index is 674. The summed E-state index contributed by atoms with van der Waals surface area (Å²) in [5, 5.41) is 0. The van der Waals surface area contributed by atoms with E-state index in [1.807, 2.05) is 0 Å². The molecular formula is C25H40O4. The largest absolute Gasteiger partial charge is 0.469 e. The van der Waals surface area contributed by atoms with Crippen LogP contribution in [0.2, 0.25) is 0 Å². The lowest BCUT2D eigenvalue weighted by atomic mass is 9.41. The average molecular weight is 405 g/mol. The van der Waals surface area contributed by atoms with Crippen molar-refractivity contribution in [2.75, 3.05) is 20.3 Å². The Morgan fingerprint density at radius 2 is 1.79 bits per heavy atom. The van der Waals surface area contributed by atoms with E-state index < -0.39 is 0 Å². The molecule has 0 amide bonds. The highest BCUT2D eigenvalue weighted by Crippen LogP contribution is 2.70. The summed E-state index contributed by atoms with van der Waals surface area (Å²) in [6, 6.07) is 0. The summed E-state index contributed by atoms with van der Waals surface area (Å²) < 4.78 is 17.4. The number of carbonyl (C=O) groups excluding carboxylic acids is 1. The van der Waals surface area contributed by atoms with Gasteiger partial charge in [0.25, 0.3) is 0 Å². The summed E-state index contributed by atoms with van der Waals surface area (Å²) in [4.78, 5) is 11.6. The predicted molar refractivity (Wildman–Crippen MR) is 113 cm³/mol. The van der Waals surface area contributed by atoms with Crippen LogP contribution in [0.3, 0.4) is 0 Å². The zero-order chi connectivity index (χ0) is 20.9. The number of carbonyl (C=O) groups is 1. The van der Waals surface area contributed by atoms with Crippen LogP contribution in [-0.4, -0.2) is 32.1 Å². The molecule has 2 saturated carbocycles. The molecule has 0 aromatic heterocycles. The van der Waals surface area contributed by atoms with Gasteiger partial charge in [-0.2, -0.15) is 0 Å². The standard InChI is InChI=1S/C25H40O4/c1-22(2)19-12-13-23(3)18(9-7-11-21(26)27-5)8-6-10-20(23)24(19,4)14-15-25(22)28-16-17-29-25/h10,18-19H,6-9,11-17H2,1-5H3/t18-,19-,23-,24-/m0/s1. The molecule has 4 atom stereocenters. The minimum Gasteiger partial charge on any atom is -0.469 e. The molecule has 0 N–H and O–H groups in total. The molecule has 0 bridgehead atoms. The molecule has 1 heterocycles. The Kier molecular flexibility index (Phi) is 5.43. The number of esters is 1. The van der Waals surface area contributed by atoms with Crippen molar-refractivity contribution < 1.29 is 19.0 Å². The number of hydrogen-bond donors (Lipinski definition) is 0. The van der Waals surface area contributed by atoms with Crippen LogP contribution in [0, 0.1) is 28.1 Å². The highest BCUT2D eigenvalue weighted by atomic mass is 16.7. The summed E-state index contributed by atoms with van der Waals surface area (Å²) in [5.74, 6) is 0.784. The minimum atomic E-state index is -0.389. The Morgan fingerprint density at radius 3 is 2.48 bits per heavy atom. The van der Waals surface area contributed by atoms with Crippen LogP contribution in [0.1, 0.15) is 85.5 Å². The maximum absolute atomic E-state index is 11.6. The molecule has 4 rings (SSSR count). The van der Waals surface area contributed by atoms with E-state index >= 15 is 0 Å². The van der Waals surface area contributed by atoms with Crippen LogP contribution in [0.15, 0.2) is 11.6 Å². The van der Waals surface area contributed by atoms with Gasteiger partial charge in [0.1, 0.15) is 0 Å². The predicted octanol–water partition coefficient (Wildman–Crippen LogP) is 5.65. The van der Waals surface area contributed by atoms with Crippen LogP contribution in [0.5, 0.6) is 0 Å². The smallest absolute Gasteiger partial charge is 0.305 e. The van der Waals surface area contributed by atoms with Crippen LogP contribution >= 0.6 is 0 Å². The van der Waals surface area contributed by atoms with Gasteiger partial charge in [-0.3, -0.25) is 4.79 Å². The van der Waals surface area contributed by atoms with Gasteiger partial charge >= 0.3 is 5.97 Å². The molecule has 1 aliphatic heterocycles. The number of fused-ring (bicyclic) bond motifs is 3. The van der Waals surface area contributed by atoms with Gasteiger partial charge in [-0.1, -0.05) is 39.3 Å². The van der Waals surface area contributed by atoms with Crippen LogP contribution in [-0.2, 0) is 19.0 Å². The maximum atomic E-state index is 11.6. The van der Waals surface area contributed by atoms with E-state index in [9.17, 15) is 4.79 Å². The zero-order valence-electron chi connectivity index (χ0n) is 19.1. The third-order valence-electron chi connectivity index (χ3n) is 9.46. The molecule has 29 heavy (non-hydrogen) atoms. The Morgan fingerprint density at radius 1 is 1.07 bits per heavy atom. The Hall–Kier alpha value is -0.870. The maximum Gasteiger partial charge on any atom is 0.305 e. The number of rotatable bonds is 4. The van der Waals surface area contributed by atoms with Gasteiger partial charge in [0, 0.05) is 18.3 Å². The quantitative estimate of drug-likeness (QED) is 0.448. The fraction of sp³-hybridized carbons (Fsp3) is 0.880. The van der Waals surface area contributed by atoms with Crippen LogP contribution in [0.4, 0.5) is 0 Å². The molecular weight excluding hydrogens is 364 g/mol. The van der Waals surface area contributed by atoms with E-state index in [4.69, 9.17) is 14.2 Å². The number of hydrogen-bond acceptors (Lipinski definition) is 4. The molecule has 3 fully saturated rings. The fourth-order valence-corrected chi connectivity index (χ4v) is 7.88. The summed E-state index contributed by atoms with van der Waals surface area (Å²) in [6.45, 7) is 11.3. The third kappa shape index (κ3) is 3.12. The minimum absolute atomic E-state index is 0.0104. The monoisotopic (exact) mass is 404 g/mol. The second-order valence-corrected chi connectivity index (χ2v) is 11.0. The van der Waals surface area contributed by atoms with Crippen molar-refractivity contribution in [1.29, 1.82) is 0 Å². The first-order chi connectivity index (χ1) is 13.7. The molecule has 3 aliphatic carbocycles. The molecule has 164 valence electrons. The average Bonchev–Trinajstić information content (AvgIpc) is 3.17. The summed E-state index contributed by atoms with van der Waals surface area (Å²) in [5.41, 5.74) is 2.20. The third-order valence-corrected chi connectivity index (χ3v) is 9.46. The van der Waals surface area contributed by atoms with Gasteiger partial charge in [0.05, 0.1) is 20.3 Å². The van der Waals surface area contributed by atoms with Gasteiger partial charge in [-0.05, 0) is 67.6 Å². The molecule has 1 saturated heterocycles. The SMILES string of the molecule is COC(=O)CCC[C@@H]1CCC=C2[C@@]1(C)CC[C@H]1C(C)(C)C3(CC[C@]21C)OCCO3. The molecule has 4 aliphatic rings. The van der Waals surface area contributed by atoms with Crippen molar-refractivity contribution in [1.82, 2.24) is 0 Å². The van der Waals surface area contributed by atoms with Gasteiger partial charge < -0.3 is 14.2 Å². The van der Waals surface area contributed by atoms with Gasteiger partial charge in [0.2, 0.25) is 0 Å². The lowest BCUT2D eigenvalue weighted by Crippen LogP contribution is -2.62. The van der Waals surface area contributed by atoms with Crippen molar-refractivity contribution in [2.24, 2.45) is 28.1 Å². The van der Waals surface area contributed by atoms with Crippen LogP contribution < -0.4 is 0 Å². The van der Waals surface area contributed by atoms with Crippen molar-refractivity contribution in [3.8, 4) is 0 Å². The van der Waals surface area contributed by atoms with Gasteiger partial charge in [0.15, 0.2) is 5.79 Å². The Balaban J connectivity index is 1.58. The second kappa shape index (κ2) is 7.37. The zero-order valence-corrected chi connectivity index (χ0v) is 19.1. The van der Waals surface area contributed by atoms with Crippen LogP contribution in [0.25, 0.3) is 0 Å². The van der Waals surface area contributed by atoms with E-state index in [0.717, 1.165) is 38.9 Å². The first-order valence-corrected chi connectivity index (χ1v) is 11.8. The molecule has 0 radical (unpaired) electrons. The molecule has 4 heteroatoms. The second-order valence-electron chi connectivity index (χ2n) is 11.0. The highest BCUT2D eigenvalue weighted by molar-refractivity contribution is 5.69. The summed E-state index contributed by atoms with van der Waals surface area (Å²) in [6.07, 6.45) is 12.3. The van der Waals surface area contributed by atoms with E-state index in [-0.39, 0.29) is 28.0 Å². The molecule has 0 aromatic carbocycles. The normalized spacial score (nSPS) is 40.1. The van der Waals surface area contributed by atoms with Crippen molar-refractivity contribution in [3.63, 3.8) is 0 Å². The lowest BCUT2D eigenvalue weighted by molar-refractivity contribution is -0.285. The lowest BCUT2D eigenvalue weighted by Gasteiger charge is -2.65. The van der Waals surface area contributed by atoms with E-state index in [1.54, 1.807) is 5.57 Å². The topological polar surface area (TPSA) is 44.8 Å². The number of ether oxygens (including phenoxy) is 3. The number of allylic oxidation sites excluding steroid dienone is 2. The molecule has 1 spiro atoms. The highest BCUT2D eigenvalue weighted by Gasteiger charge is 2.66. The van der Waals surface area contributed by atoms with E-state index in [0.29, 0.717) is 18.3 Å². The van der Waals surface area contributed by atoms with Crippen molar-refractivity contribution in [2.45, 2.75) is 91.3 Å². The Labute approximate surface area is 176 Å². The first kappa shape index (κ1) is 21.4. The fourth-order valence-electron chi connectivity index (χ4n) is 7.88. The molecule has 0 aromatic rings.